The van der Waals surface area contributed by atoms with Crippen molar-refractivity contribution in [3.8, 4) is 0 Å². The van der Waals surface area contributed by atoms with E-state index in [4.69, 9.17) is 4.74 Å². The zero-order valence-corrected chi connectivity index (χ0v) is 16.8. The maximum atomic E-state index is 13.2. The van der Waals surface area contributed by atoms with Crippen molar-refractivity contribution in [2.45, 2.75) is 23.1 Å². The molecular formula is C18H22N4O6S. The van der Waals surface area contributed by atoms with Crippen LogP contribution >= 0.6 is 0 Å². The molecule has 0 spiro atoms. The molecule has 1 unspecified atom stereocenters. The van der Waals surface area contributed by atoms with Gasteiger partial charge in [-0.25, -0.2) is 13.2 Å². The van der Waals surface area contributed by atoms with Gasteiger partial charge in [0.05, 0.1) is 11.3 Å². The molecule has 2 aliphatic heterocycles. The van der Waals surface area contributed by atoms with Crippen LogP contribution in [-0.2, 0) is 24.2 Å². The Balaban J connectivity index is 1.85. The first kappa shape index (κ1) is 20.9. The Hall–Kier alpha value is -2.79. The van der Waals surface area contributed by atoms with Gasteiger partial charge < -0.3 is 25.1 Å². The molecule has 2 aliphatic rings. The van der Waals surface area contributed by atoms with E-state index in [9.17, 15) is 22.8 Å². The molecule has 11 heteroatoms. The Morgan fingerprint density at radius 1 is 1.38 bits per heavy atom. The highest BCUT2D eigenvalue weighted by Gasteiger charge is 2.70. The first-order chi connectivity index (χ1) is 13.8. The maximum absolute atomic E-state index is 13.2. The van der Waals surface area contributed by atoms with Gasteiger partial charge >= 0.3 is 6.09 Å². The quantitative estimate of drug-likeness (QED) is 0.256. The third-order valence-electron chi connectivity index (χ3n) is 5.12. The van der Waals surface area contributed by atoms with Gasteiger partial charge in [0.15, 0.2) is 15.2 Å². The number of aldehydes is 1. The molecule has 3 rings (SSSR count). The number of β-lactam (4-membered cyclic amide) rings is 1. The molecule has 0 aliphatic carbocycles. The lowest BCUT2D eigenvalue weighted by Gasteiger charge is -2.37. The number of sulfone groups is 1. The average molecular weight is 422 g/mol. The van der Waals surface area contributed by atoms with Crippen LogP contribution in [0.25, 0.3) is 6.08 Å². The van der Waals surface area contributed by atoms with Crippen molar-refractivity contribution in [1.82, 2.24) is 20.5 Å². The molecule has 1 aromatic rings. The van der Waals surface area contributed by atoms with Crippen LogP contribution in [0.1, 0.15) is 12.6 Å². The highest BCUT2D eigenvalue weighted by atomic mass is 32.2. The second kappa shape index (κ2) is 7.91. The summed E-state index contributed by atoms with van der Waals surface area (Å²) in [6.07, 6.45) is 2.54. The number of fused-ring (bicyclic) bond motifs is 1. The van der Waals surface area contributed by atoms with Crippen LogP contribution in [0, 0.1) is 0 Å². The van der Waals surface area contributed by atoms with Crippen molar-refractivity contribution in [2.75, 3.05) is 26.7 Å². The predicted octanol–water partition coefficient (Wildman–Crippen LogP) is -0.666. The van der Waals surface area contributed by atoms with Crippen LogP contribution in [0.5, 0.6) is 0 Å². The summed E-state index contributed by atoms with van der Waals surface area (Å²) in [6, 6.07) is 3.79. The average Bonchev–Trinajstić information content (AvgIpc) is 2.86. The van der Waals surface area contributed by atoms with E-state index >= 15 is 0 Å². The van der Waals surface area contributed by atoms with Crippen molar-refractivity contribution in [2.24, 2.45) is 0 Å². The number of carbonyl (C=O) groups excluding carboxylic acids is 3. The summed E-state index contributed by atoms with van der Waals surface area (Å²) in [5.74, 6) is -0.552. The van der Waals surface area contributed by atoms with Crippen molar-refractivity contribution in [3.05, 3.63) is 35.7 Å². The SMILES string of the molecule is CNCCNC(=O)OC[C@@]1(C)[C@H](C=O)N2C(=O)/C(=C/c3ccccn3)C2S1(=O)=O. The minimum atomic E-state index is -4.05. The van der Waals surface area contributed by atoms with E-state index in [1.54, 1.807) is 25.2 Å². The smallest absolute Gasteiger partial charge is 0.407 e. The molecule has 0 saturated carbocycles. The summed E-state index contributed by atoms with van der Waals surface area (Å²) < 4.78 is 29.8. The van der Waals surface area contributed by atoms with Crippen LogP contribution in [0.3, 0.4) is 0 Å². The van der Waals surface area contributed by atoms with Crippen molar-refractivity contribution in [1.29, 1.82) is 0 Å². The topological polar surface area (TPSA) is 135 Å². The number of hydrogen-bond acceptors (Lipinski definition) is 8. The lowest BCUT2D eigenvalue weighted by atomic mass is 9.95. The van der Waals surface area contributed by atoms with Gasteiger partial charge in [0.25, 0.3) is 5.91 Å². The number of alkyl carbamates (subject to hydrolysis) is 1. The zero-order chi connectivity index (χ0) is 21.2. The molecule has 2 fully saturated rings. The van der Waals surface area contributed by atoms with Gasteiger partial charge in [-0.15, -0.1) is 0 Å². The van der Waals surface area contributed by atoms with Crippen LogP contribution in [0.2, 0.25) is 0 Å². The molecule has 0 bridgehead atoms. The standard InChI is InChI=1S/C18H22N4O6S/c1-18(11-28-17(25)21-8-7-19-2)14(10-23)22-15(24)13(16(22)29(18,26)27)9-12-5-3-4-6-20-12/h3-6,9-10,14,16,19H,7-8,11H2,1-2H3,(H,21,25)/b13-9-/t14-,16?,18-/m0/s1. The van der Waals surface area contributed by atoms with E-state index in [2.05, 4.69) is 15.6 Å². The van der Waals surface area contributed by atoms with Gasteiger partial charge in [0.2, 0.25) is 0 Å². The van der Waals surface area contributed by atoms with E-state index in [0.29, 0.717) is 25.1 Å². The lowest BCUT2D eigenvalue weighted by molar-refractivity contribution is -0.139. The van der Waals surface area contributed by atoms with Gasteiger partial charge in [-0.05, 0) is 32.2 Å². The monoisotopic (exact) mass is 422 g/mol. The van der Waals surface area contributed by atoms with Gasteiger partial charge in [0, 0.05) is 19.3 Å². The summed E-state index contributed by atoms with van der Waals surface area (Å²) in [4.78, 5) is 41.2. The minimum absolute atomic E-state index is 0.0396. The Morgan fingerprint density at radius 2 is 2.14 bits per heavy atom. The highest BCUT2D eigenvalue weighted by molar-refractivity contribution is 7.94. The van der Waals surface area contributed by atoms with Gasteiger partial charge in [-0.1, -0.05) is 6.07 Å². The van der Waals surface area contributed by atoms with E-state index in [0.717, 1.165) is 4.90 Å². The second-order valence-corrected chi connectivity index (χ2v) is 9.43. The van der Waals surface area contributed by atoms with Crippen LogP contribution in [-0.4, -0.2) is 79.5 Å². The molecule has 29 heavy (non-hydrogen) atoms. The fourth-order valence-electron chi connectivity index (χ4n) is 3.43. The number of ether oxygens (including phenoxy) is 1. The highest BCUT2D eigenvalue weighted by Crippen LogP contribution is 2.48. The van der Waals surface area contributed by atoms with Gasteiger partial charge in [-0.2, -0.15) is 0 Å². The number of amides is 2. The Morgan fingerprint density at radius 3 is 2.76 bits per heavy atom. The summed E-state index contributed by atoms with van der Waals surface area (Å²) in [5, 5.41) is 4.03. The molecule has 10 nitrogen and oxygen atoms in total. The third-order valence-corrected chi connectivity index (χ3v) is 7.85. The largest absolute Gasteiger partial charge is 0.448 e. The summed E-state index contributed by atoms with van der Waals surface area (Å²) in [6.45, 7) is 1.56. The molecule has 0 radical (unpaired) electrons. The first-order valence-corrected chi connectivity index (χ1v) is 10.5. The molecule has 1 aromatic heterocycles. The van der Waals surface area contributed by atoms with E-state index in [1.807, 2.05) is 0 Å². The van der Waals surface area contributed by atoms with Crippen molar-refractivity contribution in [3.63, 3.8) is 0 Å². The number of pyridine rings is 1. The normalized spacial score (nSPS) is 28.6. The molecule has 3 atom stereocenters. The predicted molar refractivity (Wildman–Crippen MR) is 103 cm³/mol. The summed E-state index contributed by atoms with van der Waals surface area (Å²) in [7, 11) is -2.34. The number of hydrogen-bond donors (Lipinski definition) is 2. The van der Waals surface area contributed by atoms with Crippen LogP contribution in [0.4, 0.5) is 4.79 Å². The molecular weight excluding hydrogens is 400 g/mol. The third kappa shape index (κ3) is 3.40. The first-order valence-electron chi connectivity index (χ1n) is 8.97. The molecule has 3 heterocycles. The fraction of sp³-hybridized carbons (Fsp3) is 0.444. The summed E-state index contributed by atoms with van der Waals surface area (Å²) in [5.41, 5.74) is 0.472. The fourth-order valence-corrected chi connectivity index (χ4v) is 5.70. The van der Waals surface area contributed by atoms with Crippen molar-refractivity contribution < 1.29 is 27.5 Å². The number of aromatic nitrogens is 1. The second-order valence-electron chi connectivity index (χ2n) is 6.96. The molecule has 0 aromatic carbocycles. The zero-order valence-electron chi connectivity index (χ0n) is 16.0. The van der Waals surface area contributed by atoms with Crippen molar-refractivity contribution >= 4 is 34.2 Å². The maximum Gasteiger partial charge on any atom is 0.407 e. The Kier molecular flexibility index (Phi) is 5.71. The molecule has 2 N–H and O–H groups in total. The van der Waals surface area contributed by atoms with E-state index < -0.39 is 44.6 Å². The Labute approximate surface area is 168 Å². The number of likely N-dealkylation sites (N-methyl/N-ethyl adjacent to an activating group) is 1. The van der Waals surface area contributed by atoms with E-state index in [-0.39, 0.29) is 5.57 Å². The van der Waals surface area contributed by atoms with Gasteiger partial charge in [-0.3, -0.25) is 9.78 Å². The number of rotatable bonds is 7. The number of nitrogens with one attached hydrogen (secondary N) is 2. The molecule has 2 amide bonds. The lowest BCUT2D eigenvalue weighted by Crippen LogP contribution is -2.57. The molecule has 2 saturated heterocycles. The van der Waals surface area contributed by atoms with Gasteiger partial charge in [0.1, 0.15) is 23.7 Å². The van der Waals surface area contributed by atoms with Crippen LogP contribution < -0.4 is 10.6 Å². The minimum Gasteiger partial charge on any atom is -0.448 e. The number of carbonyl (C=O) groups is 3. The molecule has 156 valence electrons. The van der Waals surface area contributed by atoms with E-state index in [1.165, 1.54) is 19.2 Å². The van der Waals surface area contributed by atoms with Crippen LogP contribution in [0.15, 0.2) is 30.0 Å². The Bertz CT molecular complexity index is 948. The summed E-state index contributed by atoms with van der Waals surface area (Å²) >= 11 is 0. The number of nitrogens with zero attached hydrogens (tertiary/aromatic N) is 2.